The highest BCUT2D eigenvalue weighted by molar-refractivity contribution is 8.00. The summed E-state index contributed by atoms with van der Waals surface area (Å²) in [6.45, 7) is 0. The first-order valence-electron chi connectivity index (χ1n) is 12.2. The first-order chi connectivity index (χ1) is 20.2. The van der Waals surface area contributed by atoms with Gasteiger partial charge >= 0.3 is 23.7 Å². The molecule has 3 heterocycles. The number of hydrogen-bond acceptors (Lipinski definition) is 6. The lowest BCUT2D eigenvalue weighted by molar-refractivity contribution is -0.192. The lowest BCUT2D eigenvalue weighted by Crippen LogP contribution is -2.51. The van der Waals surface area contributed by atoms with Crippen molar-refractivity contribution in [1.29, 1.82) is 0 Å². The van der Waals surface area contributed by atoms with Crippen molar-refractivity contribution in [2.24, 2.45) is 0 Å². The number of rotatable bonds is 6. The van der Waals surface area contributed by atoms with E-state index in [0.717, 1.165) is 21.4 Å². The molecule has 1 aliphatic rings. The number of para-hydroxylation sites is 1. The minimum atomic E-state index is -5.08. The normalized spacial score (nSPS) is 16.9. The SMILES string of the molecule is O=C(O)C(F)(F)F.O=C1N[C@](Cc2ccccn2)(Cc2ccnc3ccccc23)C(=O)N1c1ccc(SC(F)(F)F)cc1. The Morgan fingerprint density at radius 1 is 0.860 bits per heavy atom. The highest BCUT2D eigenvalue weighted by atomic mass is 32.2. The molecule has 1 aliphatic heterocycles. The van der Waals surface area contributed by atoms with Crippen molar-refractivity contribution in [3.8, 4) is 0 Å². The molecule has 1 atom stereocenters. The van der Waals surface area contributed by atoms with Crippen molar-refractivity contribution in [3.63, 3.8) is 0 Å². The van der Waals surface area contributed by atoms with Crippen LogP contribution in [-0.2, 0) is 22.4 Å². The number of hydrogen-bond donors (Lipinski definition) is 2. The summed E-state index contributed by atoms with van der Waals surface area (Å²) < 4.78 is 69.9. The molecule has 1 fully saturated rings. The summed E-state index contributed by atoms with van der Waals surface area (Å²) in [6, 6.07) is 19.2. The largest absolute Gasteiger partial charge is 0.490 e. The number of halogens is 6. The lowest BCUT2D eigenvalue weighted by atomic mass is 9.85. The van der Waals surface area contributed by atoms with E-state index in [9.17, 15) is 35.9 Å². The maximum absolute atomic E-state index is 13.9. The van der Waals surface area contributed by atoms with Crippen molar-refractivity contribution in [2.45, 2.75) is 35.0 Å². The summed E-state index contributed by atoms with van der Waals surface area (Å²) in [6.07, 6.45) is -1.51. The van der Waals surface area contributed by atoms with Gasteiger partial charge in [0, 0.05) is 41.2 Å². The topological polar surface area (TPSA) is 112 Å². The summed E-state index contributed by atoms with van der Waals surface area (Å²) in [5, 5.41) is 10.9. The van der Waals surface area contributed by atoms with Crippen molar-refractivity contribution in [3.05, 3.63) is 96.4 Å². The van der Waals surface area contributed by atoms with E-state index >= 15 is 0 Å². The number of imide groups is 1. The van der Waals surface area contributed by atoms with Crippen molar-refractivity contribution >= 4 is 46.3 Å². The number of alkyl halides is 6. The van der Waals surface area contributed by atoms with Crippen LogP contribution in [0.4, 0.5) is 36.8 Å². The van der Waals surface area contributed by atoms with Crippen LogP contribution in [0.15, 0.2) is 90.1 Å². The molecule has 2 aromatic carbocycles. The molecule has 0 aliphatic carbocycles. The maximum Gasteiger partial charge on any atom is 0.490 e. The molecule has 2 aromatic heterocycles. The Hall–Kier alpha value is -4.66. The van der Waals surface area contributed by atoms with E-state index < -0.39 is 35.1 Å². The first kappa shape index (κ1) is 31.3. The monoisotopic (exact) mass is 622 g/mol. The van der Waals surface area contributed by atoms with Gasteiger partial charge in [0.05, 0.1) is 11.2 Å². The average Bonchev–Trinajstić information content (AvgIpc) is 3.17. The Kier molecular flexibility index (Phi) is 8.94. The molecule has 4 aromatic rings. The van der Waals surface area contributed by atoms with Crippen LogP contribution in [0.1, 0.15) is 11.3 Å². The third kappa shape index (κ3) is 7.60. The number of carboxylic acid groups (broad SMARTS) is 1. The van der Waals surface area contributed by atoms with E-state index in [0.29, 0.717) is 5.69 Å². The van der Waals surface area contributed by atoms with Gasteiger partial charge in [-0.1, -0.05) is 24.3 Å². The van der Waals surface area contributed by atoms with Crippen LogP contribution in [0.3, 0.4) is 0 Å². The number of carboxylic acids is 1. The number of thioether (sulfide) groups is 1. The van der Waals surface area contributed by atoms with E-state index in [-0.39, 0.29) is 35.2 Å². The summed E-state index contributed by atoms with van der Waals surface area (Å²) in [5.41, 5.74) is -3.41. The number of fused-ring (bicyclic) bond motifs is 1. The molecule has 0 unspecified atom stereocenters. The van der Waals surface area contributed by atoms with E-state index in [1.54, 1.807) is 30.6 Å². The van der Waals surface area contributed by atoms with Crippen molar-refractivity contribution in [1.82, 2.24) is 15.3 Å². The predicted octanol–water partition coefficient (Wildman–Crippen LogP) is 6.16. The van der Waals surface area contributed by atoms with E-state index in [1.807, 2.05) is 30.3 Å². The number of benzene rings is 2. The Bertz CT molecular complexity index is 1630. The fraction of sp³-hybridized carbons (Fsp3) is 0.179. The molecule has 8 nitrogen and oxygen atoms in total. The zero-order chi connectivity index (χ0) is 31.4. The zero-order valence-electron chi connectivity index (χ0n) is 21.7. The number of carbonyl (C=O) groups is 3. The molecule has 0 saturated carbocycles. The van der Waals surface area contributed by atoms with Gasteiger partial charge in [-0.3, -0.25) is 14.8 Å². The van der Waals surface area contributed by atoms with Crippen molar-refractivity contribution < 1.29 is 45.8 Å². The van der Waals surface area contributed by atoms with Crippen LogP contribution in [0.5, 0.6) is 0 Å². The highest BCUT2D eigenvalue weighted by Gasteiger charge is 2.52. The quantitative estimate of drug-likeness (QED) is 0.151. The van der Waals surface area contributed by atoms with E-state index in [2.05, 4.69) is 15.3 Å². The van der Waals surface area contributed by atoms with Gasteiger partial charge < -0.3 is 10.4 Å². The first-order valence-corrected chi connectivity index (χ1v) is 13.1. The fourth-order valence-electron chi connectivity index (χ4n) is 4.40. The summed E-state index contributed by atoms with van der Waals surface area (Å²) in [7, 11) is 0. The van der Waals surface area contributed by atoms with Gasteiger partial charge in [-0.15, -0.1) is 0 Å². The van der Waals surface area contributed by atoms with Crippen LogP contribution < -0.4 is 10.2 Å². The molecule has 224 valence electrons. The van der Waals surface area contributed by atoms with Crippen LogP contribution >= 0.6 is 11.8 Å². The van der Waals surface area contributed by atoms with Gasteiger partial charge in [0.25, 0.3) is 5.91 Å². The lowest BCUT2D eigenvalue weighted by Gasteiger charge is -2.27. The number of anilines is 1. The number of urea groups is 1. The second kappa shape index (κ2) is 12.3. The second-order valence-corrected chi connectivity index (χ2v) is 10.3. The molecular weight excluding hydrogens is 602 g/mol. The molecule has 43 heavy (non-hydrogen) atoms. The van der Waals surface area contributed by atoms with Crippen LogP contribution in [0.2, 0.25) is 0 Å². The Morgan fingerprint density at radius 3 is 2.12 bits per heavy atom. The molecule has 0 radical (unpaired) electrons. The van der Waals surface area contributed by atoms with Gasteiger partial charge in [-0.2, -0.15) is 26.3 Å². The van der Waals surface area contributed by atoms with Crippen LogP contribution in [0.25, 0.3) is 10.9 Å². The third-order valence-electron chi connectivity index (χ3n) is 6.17. The van der Waals surface area contributed by atoms with Gasteiger partial charge in [0.15, 0.2) is 0 Å². The minimum absolute atomic E-state index is 0.0405. The summed E-state index contributed by atoms with van der Waals surface area (Å²) in [5.74, 6) is -3.26. The number of pyridine rings is 2. The second-order valence-electron chi connectivity index (χ2n) is 9.16. The summed E-state index contributed by atoms with van der Waals surface area (Å²) in [4.78, 5) is 45.6. The van der Waals surface area contributed by atoms with E-state index in [4.69, 9.17) is 9.90 Å². The minimum Gasteiger partial charge on any atom is -0.475 e. The fourth-order valence-corrected chi connectivity index (χ4v) is 4.94. The van der Waals surface area contributed by atoms with Gasteiger partial charge in [0.2, 0.25) is 0 Å². The summed E-state index contributed by atoms with van der Waals surface area (Å²) >= 11 is -0.260. The van der Waals surface area contributed by atoms with Gasteiger partial charge in [0.1, 0.15) is 5.54 Å². The number of carbonyl (C=O) groups excluding carboxylic acids is 2. The highest BCUT2D eigenvalue weighted by Crippen LogP contribution is 2.38. The molecule has 15 heteroatoms. The van der Waals surface area contributed by atoms with Crippen LogP contribution in [0, 0.1) is 0 Å². The number of nitrogens with zero attached hydrogens (tertiary/aromatic N) is 3. The maximum atomic E-state index is 13.9. The Morgan fingerprint density at radius 2 is 1.51 bits per heavy atom. The average molecular weight is 623 g/mol. The number of nitrogens with one attached hydrogen (secondary N) is 1. The molecule has 3 amide bonds. The van der Waals surface area contributed by atoms with E-state index in [1.165, 1.54) is 24.3 Å². The molecule has 5 rings (SSSR count). The number of amides is 3. The third-order valence-corrected chi connectivity index (χ3v) is 6.91. The number of aromatic nitrogens is 2. The molecule has 0 spiro atoms. The molecule has 0 bridgehead atoms. The molecular formula is C28H20F6N4O4S. The smallest absolute Gasteiger partial charge is 0.475 e. The molecule has 2 N–H and O–H groups in total. The van der Waals surface area contributed by atoms with Gasteiger partial charge in [-0.05, 0) is 65.9 Å². The Balaban J connectivity index is 0.000000541. The zero-order valence-corrected chi connectivity index (χ0v) is 22.5. The van der Waals surface area contributed by atoms with Crippen LogP contribution in [-0.4, -0.2) is 50.2 Å². The Labute approximate surface area is 243 Å². The van der Waals surface area contributed by atoms with Gasteiger partial charge in [-0.25, -0.2) is 14.5 Å². The van der Waals surface area contributed by atoms with Crippen molar-refractivity contribution in [2.75, 3.05) is 4.90 Å². The standard InChI is InChI=1S/C26H19F3N4O2S.C2HF3O2/c27-26(28,29)36-20-10-8-19(9-11-20)33-23(34)25(32-24(33)35,16-18-5-3-4-13-30-18)15-17-12-14-31-22-7-2-1-6-21(17)22;3-2(4,5)1(6)7/h1-14H,15-16H2,(H,32,35);(H,6,7)/t25-;/m0./s1. The molecule has 1 saturated heterocycles. The number of aliphatic carboxylic acids is 1. The predicted molar refractivity (Wildman–Crippen MR) is 144 cm³/mol.